The lowest BCUT2D eigenvalue weighted by Crippen LogP contribution is -2.49. The van der Waals surface area contributed by atoms with Crippen LogP contribution in [-0.4, -0.2) is 36.2 Å². The Labute approximate surface area is 261 Å². The van der Waals surface area contributed by atoms with Crippen molar-refractivity contribution in [3.8, 4) is 22.9 Å². The highest BCUT2D eigenvalue weighted by Gasteiger charge is 2.50. The molecule has 3 N–H and O–H groups in total. The van der Waals surface area contributed by atoms with E-state index >= 15 is 8.78 Å². The molecule has 6 nitrogen and oxygen atoms in total. The van der Waals surface area contributed by atoms with E-state index in [1.165, 1.54) is 13.1 Å². The molecule has 1 heterocycles. The van der Waals surface area contributed by atoms with Crippen LogP contribution in [-0.2, 0) is 12.0 Å². The van der Waals surface area contributed by atoms with Gasteiger partial charge in [-0.15, -0.1) is 0 Å². The predicted molar refractivity (Wildman–Crippen MR) is 165 cm³/mol. The number of fused-ring (bicyclic) bond motifs is 2. The number of nitrogens with one attached hydrogen (secondary N) is 2. The number of hydrogen-bond acceptors (Lipinski definition) is 5. The van der Waals surface area contributed by atoms with Gasteiger partial charge in [0.2, 0.25) is 0 Å². The van der Waals surface area contributed by atoms with Crippen molar-refractivity contribution in [3.05, 3.63) is 86.9 Å². The molecule has 9 heteroatoms. The summed E-state index contributed by atoms with van der Waals surface area (Å²) in [4.78, 5) is 13.2. The van der Waals surface area contributed by atoms with Crippen LogP contribution in [0, 0.1) is 23.0 Å². The number of nitriles is 1. The maximum atomic E-state index is 16.7. The quantitative estimate of drug-likeness (QED) is 0.280. The van der Waals surface area contributed by atoms with E-state index in [9.17, 15) is 15.2 Å². The number of halogens is 3. The summed E-state index contributed by atoms with van der Waals surface area (Å²) in [5.41, 5.74) is 0.552. The van der Waals surface area contributed by atoms with Gasteiger partial charge in [-0.2, -0.15) is 5.26 Å². The van der Waals surface area contributed by atoms with Crippen LogP contribution in [0.15, 0.2) is 42.5 Å². The van der Waals surface area contributed by atoms with Crippen LogP contribution in [0.1, 0.15) is 90.4 Å². The summed E-state index contributed by atoms with van der Waals surface area (Å²) in [6.07, 6.45) is 3.71. The van der Waals surface area contributed by atoms with E-state index in [2.05, 4.69) is 16.7 Å². The Morgan fingerprint density at radius 2 is 1.86 bits per heavy atom. The number of ether oxygens (including phenoxy) is 1. The van der Waals surface area contributed by atoms with E-state index in [4.69, 9.17) is 16.3 Å². The van der Waals surface area contributed by atoms with Gasteiger partial charge in [-0.05, 0) is 68.2 Å². The summed E-state index contributed by atoms with van der Waals surface area (Å²) < 4.78 is 39.1. The van der Waals surface area contributed by atoms with Gasteiger partial charge in [0, 0.05) is 48.3 Å². The van der Waals surface area contributed by atoms with Crippen molar-refractivity contribution >= 4 is 17.5 Å². The van der Waals surface area contributed by atoms with E-state index in [0.717, 1.165) is 18.4 Å². The topological polar surface area (TPSA) is 94.4 Å². The molecule has 3 aliphatic rings. The average Bonchev–Trinajstić information content (AvgIpc) is 3.56. The summed E-state index contributed by atoms with van der Waals surface area (Å²) in [5.74, 6) is -2.74. The molecule has 0 spiro atoms. The molecule has 3 atom stereocenters. The van der Waals surface area contributed by atoms with Crippen molar-refractivity contribution in [3.63, 3.8) is 0 Å². The zero-order valence-corrected chi connectivity index (χ0v) is 25.8. The van der Waals surface area contributed by atoms with Crippen molar-refractivity contribution in [2.24, 2.45) is 0 Å². The first-order chi connectivity index (χ1) is 21.0. The normalized spacial score (nSPS) is 27.3. The maximum Gasteiger partial charge on any atom is 0.251 e. The number of rotatable bonds is 6. The fourth-order valence-electron chi connectivity index (χ4n) is 7.37. The first-order valence-electron chi connectivity index (χ1n) is 15.2. The molecule has 0 bridgehead atoms. The third-order valence-electron chi connectivity index (χ3n) is 9.96. The summed E-state index contributed by atoms with van der Waals surface area (Å²) in [6.45, 7) is 4.19. The summed E-state index contributed by atoms with van der Waals surface area (Å²) >= 11 is 6.72. The van der Waals surface area contributed by atoms with Gasteiger partial charge in [0.25, 0.3) is 5.91 Å². The number of nitrogens with zero attached hydrogens (tertiary/aromatic N) is 1. The van der Waals surface area contributed by atoms with Gasteiger partial charge in [0.1, 0.15) is 17.4 Å². The van der Waals surface area contributed by atoms with Crippen LogP contribution in [0.5, 0.6) is 5.75 Å². The summed E-state index contributed by atoms with van der Waals surface area (Å²) in [5, 5.41) is 26.1. The molecule has 6 rings (SSSR count). The Bertz CT molecular complexity index is 1660. The zero-order valence-electron chi connectivity index (χ0n) is 25.1. The largest absolute Gasteiger partial charge is 0.480 e. The number of carbonyl (C=O) groups excluding carboxylic acids is 1. The molecule has 44 heavy (non-hydrogen) atoms. The van der Waals surface area contributed by atoms with Crippen LogP contribution in [0.2, 0.25) is 5.02 Å². The predicted octanol–water partition coefficient (Wildman–Crippen LogP) is 6.87. The molecular weight excluding hydrogens is 584 g/mol. The van der Waals surface area contributed by atoms with Crippen molar-refractivity contribution in [2.75, 3.05) is 13.6 Å². The Kier molecular flexibility index (Phi) is 7.94. The zero-order chi connectivity index (χ0) is 31.4. The van der Waals surface area contributed by atoms with Crippen molar-refractivity contribution in [1.82, 2.24) is 10.6 Å². The second kappa shape index (κ2) is 11.4. The standard InChI is InChI=1S/C35H36ClF2N3O3/c1-19-28-27(44-35(19,21-7-5-4-6-8-21)18-41-22-11-13-34(2,43)14-12-22)16-26(37)31(36)30(28)29-25(33(42)40-3)15-24-20(17-39)9-10-23(24)32(29)38/h4-8,15-16,19-20,22,41,43H,9-14,18H2,1-3H3,(H,40,42)/t19-,20?,22?,34?,35-/m0/s1. The van der Waals surface area contributed by atoms with Gasteiger partial charge in [0.15, 0.2) is 5.60 Å². The Morgan fingerprint density at radius 3 is 2.52 bits per heavy atom. The van der Waals surface area contributed by atoms with Gasteiger partial charge in [-0.25, -0.2) is 8.78 Å². The molecule has 230 valence electrons. The number of aliphatic hydroxyl groups is 1. The van der Waals surface area contributed by atoms with Crippen LogP contribution < -0.4 is 15.4 Å². The van der Waals surface area contributed by atoms with Gasteiger partial charge >= 0.3 is 0 Å². The van der Waals surface area contributed by atoms with Crippen LogP contribution in [0.25, 0.3) is 11.1 Å². The van der Waals surface area contributed by atoms with Gasteiger partial charge in [-0.1, -0.05) is 48.9 Å². The van der Waals surface area contributed by atoms with Gasteiger partial charge in [-0.3, -0.25) is 4.79 Å². The lowest BCUT2D eigenvalue weighted by Gasteiger charge is -2.38. The number of benzene rings is 3. The minimum absolute atomic E-state index is 0.00241. The molecule has 0 radical (unpaired) electrons. The van der Waals surface area contributed by atoms with Gasteiger partial charge in [0.05, 0.1) is 28.2 Å². The lowest BCUT2D eigenvalue weighted by atomic mass is 9.76. The number of hydrogen-bond donors (Lipinski definition) is 3. The fourth-order valence-corrected chi connectivity index (χ4v) is 7.62. The highest BCUT2D eigenvalue weighted by molar-refractivity contribution is 6.34. The Morgan fingerprint density at radius 1 is 1.16 bits per heavy atom. The molecule has 3 aromatic carbocycles. The average molecular weight is 620 g/mol. The Hall–Kier alpha value is -3.51. The molecule has 0 saturated heterocycles. The van der Waals surface area contributed by atoms with Crippen molar-refractivity contribution in [1.29, 1.82) is 5.26 Å². The smallest absolute Gasteiger partial charge is 0.251 e. The van der Waals surface area contributed by atoms with E-state index in [1.807, 2.05) is 44.2 Å². The van der Waals surface area contributed by atoms with Gasteiger partial charge < -0.3 is 20.5 Å². The molecule has 1 aliphatic heterocycles. The molecule has 1 fully saturated rings. The first-order valence-corrected chi connectivity index (χ1v) is 15.6. The summed E-state index contributed by atoms with van der Waals surface area (Å²) in [7, 11) is 1.44. The third kappa shape index (κ3) is 4.95. The molecule has 1 amide bonds. The molecular formula is C35H36ClF2N3O3. The second-order valence-electron chi connectivity index (χ2n) is 12.7. The Balaban J connectivity index is 1.51. The lowest BCUT2D eigenvalue weighted by molar-refractivity contribution is 0.00890. The van der Waals surface area contributed by atoms with E-state index < -0.39 is 40.6 Å². The SMILES string of the molecule is CNC(=O)c1cc2c(c(F)c1-c1c(Cl)c(F)cc3c1[C@H](C)[C@@](CNC1CCC(C)(O)CC1)(c1ccccc1)O3)CCC2C#N. The second-order valence-corrected chi connectivity index (χ2v) is 13.0. The minimum atomic E-state index is -0.998. The van der Waals surface area contributed by atoms with E-state index in [0.29, 0.717) is 48.9 Å². The molecule has 0 aromatic heterocycles. The highest BCUT2D eigenvalue weighted by atomic mass is 35.5. The third-order valence-corrected chi connectivity index (χ3v) is 10.3. The van der Waals surface area contributed by atoms with Crippen LogP contribution in [0.4, 0.5) is 8.78 Å². The van der Waals surface area contributed by atoms with E-state index in [-0.39, 0.29) is 33.5 Å². The monoisotopic (exact) mass is 619 g/mol. The van der Waals surface area contributed by atoms with Crippen molar-refractivity contribution in [2.45, 2.75) is 81.5 Å². The molecule has 1 saturated carbocycles. The fraction of sp³-hybridized carbons (Fsp3) is 0.429. The number of carbonyl (C=O) groups is 1. The molecule has 2 aliphatic carbocycles. The number of amides is 1. The molecule has 3 aromatic rings. The summed E-state index contributed by atoms with van der Waals surface area (Å²) in [6, 6.07) is 14.8. The highest BCUT2D eigenvalue weighted by Crippen LogP contribution is 2.57. The maximum absolute atomic E-state index is 16.7. The van der Waals surface area contributed by atoms with Crippen LogP contribution in [0.3, 0.4) is 0 Å². The van der Waals surface area contributed by atoms with Crippen molar-refractivity contribution < 1.29 is 23.4 Å². The molecule has 1 unspecified atom stereocenters. The first kappa shape index (κ1) is 30.5. The minimum Gasteiger partial charge on any atom is -0.480 e. The van der Waals surface area contributed by atoms with Crippen LogP contribution >= 0.6 is 11.6 Å². The van der Waals surface area contributed by atoms with E-state index in [1.54, 1.807) is 6.07 Å².